The van der Waals surface area contributed by atoms with Gasteiger partial charge in [0.2, 0.25) is 15.9 Å². The van der Waals surface area contributed by atoms with Crippen molar-refractivity contribution in [3.8, 4) is 0 Å². The van der Waals surface area contributed by atoms with E-state index in [9.17, 15) is 39.6 Å². The highest BCUT2D eigenvalue weighted by Gasteiger charge is 2.37. The maximum absolute atomic E-state index is 14.0. The SMILES string of the molecule is Cc1ncc2c(n1)CN(C(=O)C[C@H](N)Cc1cc(F)c(F)cc1F)[C@H](CNS(=O)(=O)CC(F)(F)F)C2. The molecule has 1 aliphatic heterocycles. The molecule has 1 amide bonds. The predicted octanol–water partition coefficient (Wildman–Crippen LogP) is 1.90. The number of nitrogens with zero attached hydrogens (tertiary/aromatic N) is 3. The molecule has 2 atom stereocenters. The minimum absolute atomic E-state index is 0.0585. The molecule has 3 N–H and O–H groups in total. The number of hydrogen-bond acceptors (Lipinski definition) is 6. The number of alkyl halides is 3. The molecule has 15 heteroatoms. The first kappa shape index (κ1) is 27.8. The lowest BCUT2D eigenvalue weighted by Crippen LogP contribution is -2.52. The molecule has 36 heavy (non-hydrogen) atoms. The fourth-order valence-corrected chi connectivity index (χ4v) is 4.86. The second-order valence-corrected chi connectivity index (χ2v) is 10.3. The van der Waals surface area contributed by atoms with Crippen LogP contribution in [-0.4, -0.2) is 59.8 Å². The molecule has 2 heterocycles. The summed E-state index contributed by atoms with van der Waals surface area (Å²) >= 11 is 0. The average molecular weight is 540 g/mol. The van der Waals surface area contributed by atoms with Gasteiger partial charge in [0.25, 0.3) is 0 Å². The Morgan fingerprint density at radius 1 is 1.22 bits per heavy atom. The summed E-state index contributed by atoms with van der Waals surface area (Å²) in [4.78, 5) is 22.6. The number of benzene rings is 1. The molecule has 0 saturated carbocycles. The third-order valence-corrected chi connectivity index (χ3v) is 6.83. The highest BCUT2D eigenvalue weighted by molar-refractivity contribution is 7.89. The predicted molar refractivity (Wildman–Crippen MR) is 115 cm³/mol. The van der Waals surface area contributed by atoms with E-state index in [4.69, 9.17) is 5.73 Å². The molecule has 1 aliphatic rings. The largest absolute Gasteiger partial charge is 0.404 e. The number of aryl methyl sites for hydroxylation is 1. The molecule has 8 nitrogen and oxygen atoms in total. The Labute approximate surface area is 203 Å². The van der Waals surface area contributed by atoms with Crippen LogP contribution in [0.25, 0.3) is 0 Å². The maximum Gasteiger partial charge on any atom is 0.404 e. The molecule has 0 spiro atoms. The molecule has 3 rings (SSSR count). The van der Waals surface area contributed by atoms with Crippen molar-refractivity contribution in [2.24, 2.45) is 5.73 Å². The summed E-state index contributed by atoms with van der Waals surface area (Å²) in [5, 5.41) is 0. The van der Waals surface area contributed by atoms with Gasteiger partial charge in [-0.3, -0.25) is 4.79 Å². The standard InChI is InChI=1S/C21H23F6N5O3S/c1-11-29-7-13-3-15(8-30-36(34,35)10-21(25,26)27)32(9-19(13)31-11)20(33)5-14(28)2-12-4-17(23)18(24)6-16(12)22/h4,6-7,14-15,30H,2-3,5,8-10,28H2,1H3/t14-,15+/m1/s1. The zero-order valence-corrected chi connectivity index (χ0v) is 19.8. The van der Waals surface area contributed by atoms with Crippen LogP contribution in [0.4, 0.5) is 26.3 Å². The second kappa shape index (κ2) is 10.7. The summed E-state index contributed by atoms with van der Waals surface area (Å²) in [6, 6.07) is -0.893. The van der Waals surface area contributed by atoms with Gasteiger partial charge in [0.15, 0.2) is 17.4 Å². The molecule has 0 saturated heterocycles. The van der Waals surface area contributed by atoms with E-state index in [-0.39, 0.29) is 31.4 Å². The van der Waals surface area contributed by atoms with Gasteiger partial charge < -0.3 is 10.6 Å². The summed E-state index contributed by atoms with van der Waals surface area (Å²) in [6.07, 6.45) is -4.09. The summed E-state index contributed by atoms with van der Waals surface area (Å²) in [5.41, 5.74) is 6.79. The molecule has 1 aromatic carbocycles. The number of carbonyl (C=O) groups excluding carboxylic acids is 1. The van der Waals surface area contributed by atoms with Crippen molar-refractivity contribution >= 4 is 15.9 Å². The van der Waals surface area contributed by atoms with Gasteiger partial charge in [-0.1, -0.05) is 0 Å². The molecule has 0 bridgehead atoms. The monoisotopic (exact) mass is 539 g/mol. The first-order chi connectivity index (χ1) is 16.6. The summed E-state index contributed by atoms with van der Waals surface area (Å²) < 4.78 is 104. The first-order valence-electron chi connectivity index (χ1n) is 10.7. The molecular weight excluding hydrogens is 516 g/mol. The number of nitrogens with two attached hydrogens (primary N) is 1. The number of nitrogens with one attached hydrogen (secondary N) is 1. The van der Waals surface area contributed by atoms with E-state index in [1.165, 1.54) is 11.1 Å². The topological polar surface area (TPSA) is 118 Å². The lowest BCUT2D eigenvalue weighted by atomic mass is 9.97. The number of rotatable bonds is 8. The molecule has 198 valence electrons. The molecule has 0 aliphatic carbocycles. The van der Waals surface area contributed by atoms with Crippen LogP contribution in [0.2, 0.25) is 0 Å². The van der Waals surface area contributed by atoms with E-state index in [0.717, 1.165) is 0 Å². The third-order valence-electron chi connectivity index (χ3n) is 5.51. The van der Waals surface area contributed by atoms with Crippen molar-refractivity contribution in [1.82, 2.24) is 19.6 Å². The number of hydrogen-bond donors (Lipinski definition) is 2. The van der Waals surface area contributed by atoms with E-state index in [1.807, 2.05) is 4.72 Å². The van der Waals surface area contributed by atoms with Gasteiger partial charge >= 0.3 is 6.18 Å². The van der Waals surface area contributed by atoms with E-state index in [2.05, 4.69) is 9.97 Å². The summed E-state index contributed by atoms with van der Waals surface area (Å²) in [5.74, 6) is -5.96. The van der Waals surface area contributed by atoms with E-state index >= 15 is 0 Å². The van der Waals surface area contributed by atoms with Crippen molar-refractivity contribution in [3.63, 3.8) is 0 Å². The average Bonchev–Trinajstić information content (AvgIpc) is 2.73. The Kier molecular flexibility index (Phi) is 8.25. The van der Waals surface area contributed by atoms with E-state index in [1.54, 1.807) is 6.92 Å². The molecule has 0 radical (unpaired) electrons. The second-order valence-electron chi connectivity index (χ2n) is 8.52. The first-order valence-corrected chi connectivity index (χ1v) is 12.3. The molecule has 0 fully saturated rings. The Hall–Kier alpha value is -2.78. The van der Waals surface area contributed by atoms with Gasteiger partial charge in [-0.15, -0.1) is 0 Å². The van der Waals surface area contributed by atoms with Crippen LogP contribution in [0.15, 0.2) is 18.3 Å². The van der Waals surface area contributed by atoms with Gasteiger partial charge in [-0.2, -0.15) is 13.2 Å². The van der Waals surface area contributed by atoms with Crippen LogP contribution < -0.4 is 10.5 Å². The number of fused-ring (bicyclic) bond motifs is 1. The summed E-state index contributed by atoms with van der Waals surface area (Å²) in [7, 11) is -4.72. The molecule has 0 unspecified atom stereocenters. The quantitative estimate of drug-likeness (QED) is 0.391. The van der Waals surface area contributed by atoms with E-state index < -0.39 is 63.9 Å². The normalized spacial score (nSPS) is 17.1. The van der Waals surface area contributed by atoms with Gasteiger partial charge in [0.05, 0.1) is 12.2 Å². The highest BCUT2D eigenvalue weighted by atomic mass is 32.2. The fraction of sp³-hybridized carbons (Fsp3) is 0.476. The smallest absolute Gasteiger partial charge is 0.332 e. The number of halogens is 6. The zero-order chi connectivity index (χ0) is 26.8. The highest BCUT2D eigenvalue weighted by Crippen LogP contribution is 2.24. The van der Waals surface area contributed by atoms with Gasteiger partial charge in [-0.05, 0) is 37.0 Å². The Morgan fingerprint density at radius 3 is 2.56 bits per heavy atom. The number of carbonyl (C=O) groups is 1. The van der Waals surface area contributed by atoms with Crippen molar-refractivity contribution in [2.75, 3.05) is 12.3 Å². The van der Waals surface area contributed by atoms with Crippen LogP contribution in [0.1, 0.15) is 29.1 Å². The van der Waals surface area contributed by atoms with Crippen molar-refractivity contribution < 1.29 is 39.6 Å². The minimum Gasteiger partial charge on any atom is -0.332 e. The van der Waals surface area contributed by atoms with E-state index in [0.29, 0.717) is 29.2 Å². The van der Waals surface area contributed by atoms with Gasteiger partial charge in [-0.25, -0.2) is 36.3 Å². The van der Waals surface area contributed by atoms with Crippen molar-refractivity contribution in [3.05, 3.63) is 58.4 Å². The van der Waals surface area contributed by atoms with Crippen molar-refractivity contribution in [2.45, 2.75) is 51.0 Å². The molecule has 2 aromatic rings. The number of sulfonamides is 1. The Morgan fingerprint density at radius 2 is 1.89 bits per heavy atom. The third kappa shape index (κ3) is 7.36. The fourth-order valence-electron chi connectivity index (χ4n) is 3.88. The summed E-state index contributed by atoms with van der Waals surface area (Å²) in [6.45, 7) is 1.02. The van der Waals surface area contributed by atoms with Gasteiger partial charge in [0, 0.05) is 37.3 Å². The van der Waals surface area contributed by atoms with Gasteiger partial charge in [0.1, 0.15) is 11.6 Å². The minimum atomic E-state index is -4.95. The lowest BCUT2D eigenvalue weighted by molar-refractivity contribution is -0.135. The van der Waals surface area contributed by atoms with Crippen LogP contribution in [-0.2, 0) is 34.2 Å². The van der Waals surface area contributed by atoms with Crippen LogP contribution >= 0.6 is 0 Å². The number of amides is 1. The maximum atomic E-state index is 14.0. The molecule has 1 aromatic heterocycles. The lowest BCUT2D eigenvalue weighted by Gasteiger charge is -2.37. The molecular formula is C21H23F6N5O3S. The van der Waals surface area contributed by atoms with Crippen LogP contribution in [0.3, 0.4) is 0 Å². The Bertz CT molecular complexity index is 1240. The van der Waals surface area contributed by atoms with Crippen LogP contribution in [0, 0.1) is 24.4 Å². The zero-order valence-electron chi connectivity index (χ0n) is 18.9. The number of aromatic nitrogens is 2. The Balaban J connectivity index is 1.76. The van der Waals surface area contributed by atoms with Crippen LogP contribution in [0.5, 0.6) is 0 Å². The van der Waals surface area contributed by atoms with Crippen molar-refractivity contribution in [1.29, 1.82) is 0 Å².